The van der Waals surface area contributed by atoms with Crippen molar-refractivity contribution in [1.29, 1.82) is 0 Å². The summed E-state index contributed by atoms with van der Waals surface area (Å²) in [6.45, 7) is 1.28. The van der Waals surface area contributed by atoms with E-state index in [0.717, 1.165) is 0 Å². The monoisotopic (exact) mass is 275 g/mol. The lowest BCUT2D eigenvalue weighted by Crippen LogP contribution is -2.53. The van der Waals surface area contributed by atoms with Gasteiger partial charge in [0, 0.05) is 11.5 Å². The molecule has 0 aromatic heterocycles. The van der Waals surface area contributed by atoms with Crippen molar-refractivity contribution >= 4 is 7.41 Å². The zero-order chi connectivity index (χ0) is 14.1. The van der Waals surface area contributed by atoms with Crippen LogP contribution in [0, 0.1) is 0 Å². The van der Waals surface area contributed by atoms with Gasteiger partial charge < -0.3 is 4.81 Å². The Morgan fingerprint density at radius 1 is 0.905 bits per heavy atom. The summed E-state index contributed by atoms with van der Waals surface area (Å²) in [6, 6.07) is 23.1. The van der Waals surface area contributed by atoms with E-state index in [1.54, 1.807) is 0 Å². The number of hydrogen-bond acceptors (Lipinski definition) is 1. The Bertz CT molecular complexity index is 556. The molecule has 2 aliphatic rings. The summed E-state index contributed by atoms with van der Waals surface area (Å²) < 4.78 is 0. The average Bonchev–Trinajstić information content (AvgIpc) is 3.05. The van der Waals surface area contributed by atoms with E-state index in [-0.39, 0.29) is 5.41 Å². The summed E-state index contributed by atoms with van der Waals surface area (Å²) in [6.07, 6.45) is 5.28. The summed E-state index contributed by atoms with van der Waals surface area (Å²) in [5.74, 6) is 0. The first-order chi connectivity index (χ1) is 10.4. The van der Waals surface area contributed by atoms with Gasteiger partial charge in [-0.15, -0.1) is 0 Å². The molecule has 0 bridgehead atoms. The number of benzene rings is 2. The minimum Gasteiger partial charge on any atom is -0.341 e. The number of fused-ring (bicyclic) bond motifs is 1. The van der Waals surface area contributed by atoms with Crippen LogP contribution in [0.3, 0.4) is 0 Å². The number of rotatable bonds is 2. The highest BCUT2D eigenvalue weighted by Crippen LogP contribution is 2.47. The Balaban J connectivity index is 1.90. The first kappa shape index (κ1) is 13.2. The molecule has 2 saturated heterocycles. The molecule has 106 valence electrons. The summed E-state index contributed by atoms with van der Waals surface area (Å²) >= 11 is 0. The van der Waals surface area contributed by atoms with Crippen molar-refractivity contribution in [2.75, 3.05) is 6.54 Å². The molecule has 2 fully saturated rings. The summed E-state index contributed by atoms with van der Waals surface area (Å²) in [5.41, 5.74) is 3.21. The van der Waals surface area contributed by atoms with Crippen molar-refractivity contribution in [2.24, 2.45) is 0 Å². The highest BCUT2D eigenvalue weighted by atomic mass is 15.1. The van der Waals surface area contributed by atoms with Gasteiger partial charge in [0.25, 0.3) is 0 Å². The molecule has 0 amide bonds. The predicted octanol–water partition coefficient (Wildman–Crippen LogP) is 3.61. The Morgan fingerprint density at radius 3 is 2.14 bits per heavy atom. The van der Waals surface area contributed by atoms with Crippen LogP contribution >= 0.6 is 0 Å². The van der Waals surface area contributed by atoms with Crippen molar-refractivity contribution in [3.63, 3.8) is 0 Å². The number of hydrogen-bond donors (Lipinski definition) is 0. The van der Waals surface area contributed by atoms with Crippen LogP contribution in [0.4, 0.5) is 0 Å². The molecular weight excluding hydrogens is 253 g/mol. The maximum Gasteiger partial charge on any atom is 0.204 e. The molecule has 0 saturated carbocycles. The molecule has 2 heterocycles. The Kier molecular flexibility index (Phi) is 3.35. The largest absolute Gasteiger partial charge is 0.341 e. The average molecular weight is 275 g/mol. The van der Waals surface area contributed by atoms with Crippen molar-refractivity contribution < 1.29 is 0 Å². The molecule has 2 heteroatoms. The predicted molar refractivity (Wildman–Crippen MR) is 90.0 cm³/mol. The smallest absolute Gasteiger partial charge is 0.204 e. The van der Waals surface area contributed by atoms with Crippen LogP contribution < -0.4 is 0 Å². The SMILES string of the molecule is B1CCC(c2ccccc2)(c2ccccc2)[C@H]2CCCN12. The van der Waals surface area contributed by atoms with Crippen molar-refractivity contribution in [2.45, 2.75) is 37.0 Å². The van der Waals surface area contributed by atoms with Crippen LogP contribution in [-0.4, -0.2) is 24.8 Å². The number of nitrogens with zero attached hydrogens (tertiary/aromatic N) is 1. The molecule has 4 rings (SSSR count). The van der Waals surface area contributed by atoms with Gasteiger partial charge in [-0.1, -0.05) is 67.0 Å². The van der Waals surface area contributed by atoms with Gasteiger partial charge in [0.15, 0.2) is 0 Å². The van der Waals surface area contributed by atoms with E-state index in [1.165, 1.54) is 50.7 Å². The molecule has 2 aromatic rings. The van der Waals surface area contributed by atoms with E-state index in [4.69, 9.17) is 0 Å². The van der Waals surface area contributed by atoms with Gasteiger partial charge in [-0.05, 0) is 36.9 Å². The van der Waals surface area contributed by atoms with E-state index in [1.807, 2.05) is 0 Å². The third-order valence-corrected chi connectivity index (χ3v) is 5.53. The third kappa shape index (κ3) is 2.05. The standard InChI is InChI=1S/C19H22BN/c1-3-8-16(9-4-1)19(17-10-5-2-6-11-17)13-14-20-21-15-7-12-18(19)21/h1-6,8-11,18,20H,7,12-15H2/t18-/m1/s1. The Morgan fingerprint density at radius 2 is 1.52 bits per heavy atom. The molecule has 0 aliphatic carbocycles. The van der Waals surface area contributed by atoms with Crippen molar-refractivity contribution in [3.05, 3.63) is 71.8 Å². The molecule has 21 heavy (non-hydrogen) atoms. The molecule has 0 N–H and O–H groups in total. The van der Waals surface area contributed by atoms with Crippen LogP contribution in [0.5, 0.6) is 0 Å². The molecule has 0 spiro atoms. The third-order valence-electron chi connectivity index (χ3n) is 5.53. The molecule has 2 aliphatic heterocycles. The van der Waals surface area contributed by atoms with Crippen LogP contribution in [-0.2, 0) is 5.41 Å². The van der Waals surface area contributed by atoms with Crippen LogP contribution in [0.15, 0.2) is 60.7 Å². The van der Waals surface area contributed by atoms with E-state index in [0.29, 0.717) is 6.04 Å². The van der Waals surface area contributed by atoms with E-state index in [2.05, 4.69) is 65.5 Å². The summed E-state index contributed by atoms with van der Waals surface area (Å²) in [4.78, 5) is 2.74. The van der Waals surface area contributed by atoms with Gasteiger partial charge in [0.2, 0.25) is 7.41 Å². The van der Waals surface area contributed by atoms with E-state index in [9.17, 15) is 0 Å². The van der Waals surface area contributed by atoms with Crippen LogP contribution in [0.1, 0.15) is 30.4 Å². The minimum absolute atomic E-state index is 0.192. The Labute approximate surface area is 128 Å². The van der Waals surface area contributed by atoms with Gasteiger partial charge >= 0.3 is 0 Å². The molecule has 1 atom stereocenters. The zero-order valence-electron chi connectivity index (χ0n) is 12.5. The second kappa shape index (κ2) is 5.34. The van der Waals surface area contributed by atoms with Gasteiger partial charge in [-0.2, -0.15) is 0 Å². The van der Waals surface area contributed by atoms with Crippen LogP contribution in [0.2, 0.25) is 6.32 Å². The first-order valence-electron chi connectivity index (χ1n) is 8.26. The zero-order valence-corrected chi connectivity index (χ0v) is 12.5. The second-order valence-electron chi connectivity index (χ2n) is 6.50. The maximum absolute atomic E-state index is 2.74. The fourth-order valence-electron chi connectivity index (χ4n) is 4.69. The van der Waals surface area contributed by atoms with E-state index < -0.39 is 0 Å². The van der Waals surface area contributed by atoms with E-state index >= 15 is 0 Å². The molecule has 0 radical (unpaired) electrons. The second-order valence-corrected chi connectivity index (χ2v) is 6.50. The topological polar surface area (TPSA) is 3.24 Å². The van der Waals surface area contributed by atoms with Crippen molar-refractivity contribution in [1.82, 2.24) is 4.81 Å². The highest BCUT2D eigenvalue weighted by molar-refractivity contribution is 6.32. The summed E-state index contributed by atoms with van der Waals surface area (Å²) in [5, 5.41) is 0. The first-order valence-corrected chi connectivity index (χ1v) is 8.26. The lowest BCUT2D eigenvalue weighted by Gasteiger charge is -2.48. The Hall–Kier alpha value is -1.54. The molecule has 0 unspecified atom stereocenters. The summed E-state index contributed by atoms with van der Waals surface area (Å²) in [7, 11) is 1.28. The molecular formula is C19H22BN. The minimum atomic E-state index is 0.192. The quantitative estimate of drug-likeness (QED) is 0.757. The lowest BCUT2D eigenvalue weighted by molar-refractivity contribution is 0.249. The van der Waals surface area contributed by atoms with Gasteiger partial charge in [-0.3, -0.25) is 0 Å². The lowest BCUT2D eigenvalue weighted by atomic mass is 9.58. The van der Waals surface area contributed by atoms with Crippen LogP contribution in [0.25, 0.3) is 0 Å². The maximum atomic E-state index is 2.74. The van der Waals surface area contributed by atoms with Gasteiger partial charge in [0.1, 0.15) is 0 Å². The molecule has 1 nitrogen and oxygen atoms in total. The molecule has 2 aromatic carbocycles. The van der Waals surface area contributed by atoms with Gasteiger partial charge in [0.05, 0.1) is 0 Å². The fourth-order valence-corrected chi connectivity index (χ4v) is 4.69. The van der Waals surface area contributed by atoms with Gasteiger partial charge in [-0.25, -0.2) is 0 Å². The fraction of sp³-hybridized carbons (Fsp3) is 0.368. The highest BCUT2D eigenvalue weighted by Gasteiger charge is 2.48. The normalized spacial score (nSPS) is 24.3. The van der Waals surface area contributed by atoms with Crippen molar-refractivity contribution in [3.8, 4) is 0 Å².